The third-order valence-electron chi connectivity index (χ3n) is 3.97. The summed E-state index contributed by atoms with van der Waals surface area (Å²) >= 11 is 0. The number of halogens is 1. The van der Waals surface area contributed by atoms with Crippen LogP contribution in [0.5, 0.6) is 0 Å². The second-order valence-corrected chi connectivity index (χ2v) is 7.33. The SMILES string of the molecule is O=S(=O)(c1ccccc1F)C1CCc2ccccc2C1O. The summed E-state index contributed by atoms with van der Waals surface area (Å²) in [6.45, 7) is 0. The Labute approximate surface area is 123 Å². The summed E-state index contributed by atoms with van der Waals surface area (Å²) < 4.78 is 39.1. The number of aliphatic hydroxyl groups is 1. The molecule has 0 fully saturated rings. The van der Waals surface area contributed by atoms with E-state index in [4.69, 9.17) is 0 Å². The van der Waals surface area contributed by atoms with Crippen molar-refractivity contribution in [1.82, 2.24) is 0 Å². The minimum Gasteiger partial charge on any atom is -0.387 e. The van der Waals surface area contributed by atoms with Crippen molar-refractivity contribution in [2.24, 2.45) is 0 Å². The second kappa shape index (κ2) is 5.24. The fourth-order valence-corrected chi connectivity index (χ4v) is 4.72. The van der Waals surface area contributed by atoms with Crippen LogP contribution >= 0.6 is 0 Å². The first kappa shape index (κ1) is 14.2. The van der Waals surface area contributed by atoms with Crippen LogP contribution in [0, 0.1) is 5.82 Å². The summed E-state index contributed by atoms with van der Waals surface area (Å²) in [5, 5.41) is 9.40. The van der Waals surface area contributed by atoms with Crippen LogP contribution in [-0.2, 0) is 16.3 Å². The molecule has 1 N–H and O–H groups in total. The van der Waals surface area contributed by atoms with Crippen molar-refractivity contribution < 1.29 is 17.9 Å². The van der Waals surface area contributed by atoms with E-state index in [9.17, 15) is 17.9 Å². The highest BCUT2D eigenvalue weighted by Crippen LogP contribution is 2.36. The molecule has 0 bridgehead atoms. The normalized spacial score (nSPS) is 21.8. The van der Waals surface area contributed by atoms with Crippen molar-refractivity contribution in [3.05, 3.63) is 65.5 Å². The number of sulfone groups is 1. The van der Waals surface area contributed by atoms with Gasteiger partial charge in [0.05, 0.1) is 11.4 Å². The molecule has 5 heteroatoms. The Hall–Kier alpha value is -1.72. The molecule has 3 nitrogen and oxygen atoms in total. The summed E-state index contributed by atoms with van der Waals surface area (Å²) in [7, 11) is -3.91. The summed E-state index contributed by atoms with van der Waals surface area (Å²) in [4.78, 5) is -0.339. The Morgan fingerprint density at radius 3 is 2.48 bits per heavy atom. The van der Waals surface area contributed by atoms with E-state index in [1.54, 1.807) is 12.1 Å². The molecule has 2 aromatic carbocycles. The molecule has 21 heavy (non-hydrogen) atoms. The summed E-state index contributed by atoms with van der Waals surface area (Å²) in [5.74, 6) is -0.774. The fraction of sp³-hybridized carbons (Fsp3) is 0.250. The van der Waals surface area contributed by atoms with Crippen LogP contribution in [0.2, 0.25) is 0 Å². The van der Waals surface area contributed by atoms with Crippen LogP contribution in [-0.4, -0.2) is 18.8 Å². The zero-order chi connectivity index (χ0) is 15.0. The average Bonchev–Trinajstić information content (AvgIpc) is 2.48. The highest BCUT2D eigenvalue weighted by atomic mass is 32.2. The lowest BCUT2D eigenvalue weighted by molar-refractivity contribution is 0.159. The van der Waals surface area contributed by atoms with E-state index >= 15 is 0 Å². The highest BCUT2D eigenvalue weighted by molar-refractivity contribution is 7.92. The van der Waals surface area contributed by atoms with Crippen molar-refractivity contribution in [2.45, 2.75) is 29.1 Å². The molecule has 2 aromatic rings. The van der Waals surface area contributed by atoms with Crippen LogP contribution in [0.3, 0.4) is 0 Å². The molecule has 1 aliphatic rings. The summed E-state index contributed by atoms with van der Waals surface area (Å²) in [6, 6.07) is 12.5. The quantitative estimate of drug-likeness (QED) is 0.928. The maximum absolute atomic E-state index is 13.8. The maximum Gasteiger partial charge on any atom is 0.187 e. The molecule has 2 atom stereocenters. The van der Waals surface area contributed by atoms with Gasteiger partial charge in [-0.3, -0.25) is 0 Å². The van der Waals surface area contributed by atoms with Crippen molar-refractivity contribution in [2.75, 3.05) is 0 Å². The lowest BCUT2D eigenvalue weighted by atomic mass is 9.89. The Bertz CT molecular complexity index is 771. The van der Waals surface area contributed by atoms with E-state index in [1.165, 1.54) is 18.2 Å². The van der Waals surface area contributed by atoms with E-state index in [0.29, 0.717) is 12.0 Å². The van der Waals surface area contributed by atoms with E-state index in [-0.39, 0.29) is 11.3 Å². The van der Waals surface area contributed by atoms with Crippen LogP contribution in [0.4, 0.5) is 4.39 Å². The number of fused-ring (bicyclic) bond motifs is 1. The molecule has 3 rings (SSSR count). The van der Waals surface area contributed by atoms with Crippen LogP contribution in [0.25, 0.3) is 0 Å². The van der Waals surface area contributed by atoms with Crippen LogP contribution in [0.15, 0.2) is 53.4 Å². The third-order valence-corrected chi connectivity index (χ3v) is 6.20. The molecule has 0 aliphatic heterocycles. The van der Waals surface area contributed by atoms with Crippen molar-refractivity contribution in [3.8, 4) is 0 Å². The van der Waals surface area contributed by atoms with E-state index < -0.39 is 27.0 Å². The Morgan fingerprint density at radius 1 is 1.05 bits per heavy atom. The number of hydrogen-bond acceptors (Lipinski definition) is 3. The largest absolute Gasteiger partial charge is 0.387 e. The standard InChI is InChI=1S/C16H15FO3S/c17-13-7-3-4-8-14(13)21(19,20)15-10-9-11-5-1-2-6-12(11)16(15)18/h1-8,15-16,18H,9-10H2. The lowest BCUT2D eigenvalue weighted by Gasteiger charge is -2.29. The monoisotopic (exact) mass is 306 g/mol. The molecule has 0 radical (unpaired) electrons. The van der Waals surface area contributed by atoms with Gasteiger partial charge in [0.2, 0.25) is 0 Å². The van der Waals surface area contributed by atoms with Crippen molar-refractivity contribution in [1.29, 1.82) is 0 Å². The van der Waals surface area contributed by atoms with Gasteiger partial charge >= 0.3 is 0 Å². The van der Waals surface area contributed by atoms with Gasteiger partial charge in [0.25, 0.3) is 0 Å². The molecule has 0 heterocycles. The predicted octanol–water partition coefficient (Wildman–Crippen LogP) is 2.65. The molecule has 2 unspecified atom stereocenters. The summed E-state index contributed by atoms with van der Waals surface area (Å²) in [5.41, 5.74) is 1.57. The highest BCUT2D eigenvalue weighted by Gasteiger charge is 2.39. The third kappa shape index (κ3) is 2.36. The first-order valence-electron chi connectivity index (χ1n) is 6.76. The molecule has 1 aliphatic carbocycles. The second-order valence-electron chi connectivity index (χ2n) is 5.20. The van der Waals surface area contributed by atoms with Crippen molar-refractivity contribution >= 4 is 9.84 Å². The van der Waals surface area contributed by atoms with Gasteiger partial charge in [-0.05, 0) is 36.1 Å². The number of aliphatic hydroxyl groups excluding tert-OH is 1. The number of hydrogen-bond donors (Lipinski definition) is 1. The van der Waals surface area contributed by atoms with Gasteiger partial charge in [-0.2, -0.15) is 0 Å². The topological polar surface area (TPSA) is 54.4 Å². The van der Waals surface area contributed by atoms with Crippen molar-refractivity contribution in [3.63, 3.8) is 0 Å². The maximum atomic E-state index is 13.8. The minimum atomic E-state index is -3.91. The van der Waals surface area contributed by atoms with Gasteiger partial charge in [-0.15, -0.1) is 0 Å². The first-order valence-corrected chi connectivity index (χ1v) is 8.31. The molecule has 110 valence electrons. The molecule has 0 aromatic heterocycles. The number of benzene rings is 2. The van der Waals surface area contributed by atoms with Gasteiger partial charge in [0.1, 0.15) is 10.7 Å². The van der Waals surface area contributed by atoms with E-state index in [2.05, 4.69) is 0 Å². The molecular weight excluding hydrogens is 291 g/mol. The number of aryl methyl sites for hydroxylation is 1. The minimum absolute atomic E-state index is 0.287. The number of rotatable bonds is 2. The van der Waals surface area contributed by atoms with Crippen LogP contribution in [0.1, 0.15) is 23.7 Å². The zero-order valence-corrected chi connectivity index (χ0v) is 12.1. The van der Waals surface area contributed by atoms with Gasteiger partial charge in [-0.25, -0.2) is 12.8 Å². The Balaban J connectivity index is 2.04. The van der Waals surface area contributed by atoms with Gasteiger partial charge in [-0.1, -0.05) is 36.4 Å². The summed E-state index contributed by atoms with van der Waals surface area (Å²) in [6.07, 6.45) is -0.278. The molecular formula is C16H15FO3S. The van der Waals surface area contributed by atoms with Gasteiger partial charge in [0, 0.05) is 0 Å². The first-order chi connectivity index (χ1) is 10.0. The predicted molar refractivity (Wildman–Crippen MR) is 77.1 cm³/mol. The molecule has 0 saturated heterocycles. The van der Waals surface area contributed by atoms with E-state index in [1.807, 2.05) is 12.1 Å². The molecule has 0 spiro atoms. The average molecular weight is 306 g/mol. The van der Waals surface area contributed by atoms with E-state index in [0.717, 1.165) is 11.6 Å². The Kier molecular flexibility index (Phi) is 3.55. The Morgan fingerprint density at radius 2 is 1.71 bits per heavy atom. The molecule has 0 amide bonds. The lowest BCUT2D eigenvalue weighted by Crippen LogP contribution is -2.33. The smallest absolute Gasteiger partial charge is 0.187 e. The molecule has 0 saturated carbocycles. The van der Waals surface area contributed by atoms with Gasteiger partial charge < -0.3 is 5.11 Å². The fourth-order valence-electron chi connectivity index (χ4n) is 2.87. The zero-order valence-electron chi connectivity index (χ0n) is 11.2. The van der Waals surface area contributed by atoms with Gasteiger partial charge in [0.15, 0.2) is 9.84 Å². The van der Waals surface area contributed by atoms with Crippen LogP contribution < -0.4 is 0 Å².